The van der Waals surface area contributed by atoms with Crippen LogP contribution in [0.1, 0.15) is 0 Å². The highest BCUT2D eigenvalue weighted by atomic mass is 35.5. The third-order valence-electron chi connectivity index (χ3n) is 2.15. The summed E-state index contributed by atoms with van der Waals surface area (Å²) in [5, 5.41) is 2.32. The molecular weight excluding hydrogens is 247 g/mol. The lowest BCUT2D eigenvalue weighted by molar-refractivity contribution is -0.123. The molecule has 4 nitrogen and oxygen atoms in total. The van der Waals surface area contributed by atoms with E-state index < -0.39 is 17.6 Å². The monoisotopic (exact) mass is 258 g/mol. The van der Waals surface area contributed by atoms with Crippen molar-refractivity contribution < 1.29 is 14.0 Å². The van der Waals surface area contributed by atoms with E-state index in [1.54, 1.807) is 6.07 Å². The minimum atomic E-state index is -0.494. The predicted octanol–water partition coefficient (Wildman–Crippen LogP) is 1.14. The van der Waals surface area contributed by atoms with Gasteiger partial charge in [0.1, 0.15) is 11.7 Å². The lowest BCUT2D eigenvalue weighted by atomic mass is 10.3. The molecule has 0 aromatic heterocycles. The number of carbonyl (C=O) groups is 2. The van der Waals surface area contributed by atoms with Gasteiger partial charge in [-0.1, -0.05) is 12.1 Å². The Bertz CT molecular complexity index is 426. The Morgan fingerprint density at radius 2 is 2.06 bits per heavy atom. The number of amides is 2. The number of benzene rings is 1. The first-order valence-corrected chi connectivity index (χ1v) is 5.43. The molecule has 0 unspecified atom stereocenters. The topological polar surface area (TPSA) is 49.4 Å². The number of hydrogen-bond donors (Lipinski definition) is 1. The van der Waals surface area contributed by atoms with Crippen LogP contribution in [0.4, 0.5) is 10.1 Å². The standard InChI is InChI=1S/C11H12ClFN2O2/c1-15(9-5-3-2-4-8(9)13)11(17)7-14-10(16)6-12/h2-5H,6-7H2,1H3,(H,14,16). The molecule has 17 heavy (non-hydrogen) atoms. The molecule has 92 valence electrons. The van der Waals surface area contributed by atoms with Crippen LogP contribution < -0.4 is 10.2 Å². The maximum atomic E-state index is 13.4. The van der Waals surface area contributed by atoms with Gasteiger partial charge in [-0.05, 0) is 12.1 Å². The van der Waals surface area contributed by atoms with Gasteiger partial charge in [0.05, 0.1) is 12.2 Å². The van der Waals surface area contributed by atoms with Crippen molar-refractivity contribution in [3.8, 4) is 0 Å². The number of alkyl halides is 1. The van der Waals surface area contributed by atoms with E-state index >= 15 is 0 Å². The van der Waals surface area contributed by atoms with E-state index in [1.807, 2.05) is 0 Å². The first-order chi connectivity index (χ1) is 8.06. The van der Waals surface area contributed by atoms with E-state index in [9.17, 15) is 14.0 Å². The zero-order valence-electron chi connectivity index (χ0n) is 9.24. The van der Waals surface area contributed by atoms with Gasteiger partial charge in [-0.25, -0.2) is 4.39 Å². The van der Waals surface area contributed by atoms with Gasteiger partial charge in [0.25, 0.3) is 0 Å². The summed E-state index contributed by atoms with van der Waals surface area (Å²) < 4.78 is 13.4. The highest BCUT2D eigenvalue weighted by molar-refractivity contribution is 6.27. The van der Waals surface area contributed by atoms with Crippen LogP contribution in [0.15, 0.2) is 24.3 Å². The van der Waals surface area contributed by atoms with E-state index in [0.717, 1.165) is 4.90 Å². The average Bonchev–Trinajstić information content (AvgIpc) is 2.35. The van der Waals surface area contributed by atoms with Crippen molar-refractivity contribution in [3.05, 3.63) is 30.1 Å². The second kappa shape index (κ2) is 6.20. The van der Waals surface area contributed by atoms with Crippen LogP contribution in [0, 0.1) is 5.82 Å². The highest BCUT2D eigenvalue weighted by Gasteiger charge is 2.14. The molecule has 6 heteroatoms. The molecule has 0 radical (unpaired) electrons. The van der Waals surface area contributed by atoms with Gasteiger partial charge in [-0.3, -0.25) is 9.59 Å². The maximum Gasteiger partial charge on any atom is 0.246 e. The van der Waals surface area contributed by atoms with Crippen LogP contribution in [0.25, 0.3) is 0 Å². The van der Waals surface area contributed by atoms with Gasteiger partial charge in [-0.2, -0.15) is 0 Å². The molecule has 1 rings (SSSR count). The Morgan fingerprint density at radius 3 is 2.65 bits per heavy atom. The van der Waals surface area contributed by atoms with Gasteiger partial charge >= 0.3 is 0 Å². The first kappa shape index (κ1) is 13.4. The van der Waals surface area contributed by atoms with Crippen molar-refractivity contribution in [1.82, 2.24) is 5.32 Å². The molecule has 0 fully saturated rings. The second-order valence-corrected chi connectivity index (χ2v) is 3.58. The van der Waals surface area contributed by atoms with Crippen molar-refractivity contribution >= 4 is 29.1 Å². The minimum absolute atomic E-state index is 0.164. The summed E-state index contributed by atoms with van der Waals surface area (Å²) in [7, 11) is 1.44. The lowest BCUT2D eigenvalue weighted by Crippen LogP contribution is -2.38. The summed E-state index contributed by atoms with van der Waals surface area (Å²) >= 11 is 5.26. The molecule has 0 atom stereocenters. The molecule has 0 bridgehead atoms. The van der Waals surface area contributed by atoms with Gasteiger partial charge in [0, 0.05) is 7.05 Å². The number of likely N-dealkylation sites (N-methyl/N-ethyl adjacent to an activating group) is 1. The summed E-state index contributed by atoms with van der Waals surface area (Å²) in [4.78, 5) is 23.6. The quantitative estimate of drug-likeness (QED) is 0.824. The molecular formula is C11H12ClFN2O2. The SMILES string of the molecule is CN(C(=O)CNC(=O)CCl)c1ccccc1F. The van der Waals surface area contributed by atoms with Crippen molar-refractivity contribution in [3.63, 3.8) is 0 Å². The molecule has 2 amide bonds. The van der Waals surface area contributed by atoms with E-state index in [1.165, 1.54) is 25.2 Å². The van der Waals surface area contributed by atoms with Crippen LogP contribution >= 0.6 is 11.6 Å². The van der Waals surface area contributed by atoms with Gasteiger partial charge in [-0.15, -0.1) is 11.6 Å². The van der Waals surface area contributed by atoms with Crippen LogP contribution in [0.5, 0.6) is 0 Å². The predicted molar refractivity (Wildman–Crippen MR) is 63.5 cm³/mol. The molecule has 0 aliphatic carbocycles. The van der Waals surface area contributed by atoms with E-state index in [0.29, 0.717) is 0 Å². The molecule has 1 N–H and O–H groups in total. The number of halogens is 2. The lowest BCUT2D eigenvalue weighted by Gasteiger charge is -2.17. The Morgan fingerprint density at radius 1 is 1.41 bits per heavy atom. The third-order valence-corrected chi connectivity index (χ3v) is 2.39. The van der Waals surface area contributed by atoms with Crippen molar-refractivity contribution in [2.75, 3.05) is 24.4 Å². The van der Waals surface area contributed by atoms with Crippen molar-refractivity contribution in [2.24, 2.45) is 0 Å². The fraction of sp³-hybridized carbons (Fsp3) is 0.273. The van der Waals surface area contributed by atoms with Crippen LogP contribution in [-0.4, -0.2) is 31.3 Å². The Balaban J connectivity index is 2.64. The maximum absolute atomic E-state index is 13.4. The molecule has 0 saturated heterocycles. The van der Waals surface area contributed by atoms with Crippen LogP contribution in [0.3, 0.4) is 0 Å². The second-order valence-electron chi connectivity index (χ2n) is 3.31. The van der Waals surface area contributed by atoms with Gasteiger partial charge < -0.3 is 10.2 Å². The summed E-state index contributed by atoms with van der Waals surface area (Å²) in [6.07, 6.45) is 0. The van der Waals surface area contributed by atoms with E-state index in [-0.39, 0.29) is 18.1 Å². The smallest absolute Gasteiger partial charge is 0.246 e. The number of hydrogen-bond acceptors (Lipinski definition) is 2. The normalized spacial score (nSPS) is 9.82. The number of para-hydroxylation sites is 1. The number of nitrogens with one attached hydrogen (secondary N) is 1. The zero-order valence-corrected chi connectivity index (χ0v) is 10.00. The molecule has 0 aliphatic rings. The van der Waals surface area contributed by atoms with Crippen molar-refractivity contribution in [2.45, 2.75) is 0 Å². The molecule has 1 aromatic rings. The van der Waals surface area contributed by atoms with E-state index in [4.69, 9.17) is 11.6 Å². The van der Waals surface area contributed by atoms with Gasteiger partial charge in [0.2, 0.25) is 11.8 Å². The third kappa shape index (κ3) is 3.71. The van der Waals surface area contributed by atoms with Gasteiger partial charge in [0.15, 0.2) is 0 Å². The molecule has 0 saturated carbocycles. The van der Waals surface area contributed by atoms with Crippen LogP contribution in [0.2, 0.25) is 0 Å². The Kier molecular flexibility index (Phi) is 4.90. The largest absolute Gasteiger partial charge is 0.346 e. The summed E-state index contributed by atoms with van der Waals surface area (Å²) in [5.41, 5.74) is 0.164. The summed E-state index contributed by atoms with van der Waals surface area (Å²) in [6, 6.07) is 5.90. The van der Waals surface area contributed by atoms with Crippen LogP contribution in [-0.2, 0) is 9.59 Å². The number of carbonyl (C=O) groups excluding carboxylic acids is 2. The summed E-state index contributed by atoms with van der Waals surface area (Å²) in [5.74, 6) is -1.57. The van der Waals surface area contributed by atoms with E-state index in [2.05, 4.69) is 5.32 Å². The molecule has 0 heterocycles. The fourth-order valence-corrected chi connectivity index (χ4v) is 1.29. The fourth-order valence-electron chi connectivity index (χ4n) is 1.20. The minimum Gasteiger partial charge on any atom is -0.346 e. The summed E-state index contributed by atoms with van der Waals surface area (Å²) in [6.45, 7) is -0.212. The van der Waals surface area contributed by atoms with Crippen molar-refractivity contribution in [1.29, 1.82) is 0 Å². The molecule has 1 aromatic carbocycles. The average molecular weight is 259 g/mol. The highest BCUT2D eigenvalue weighted by Crippen LogP contribution is 2.16. The zero-order chi connectivity index (χ0) is 12.8. The Labute approximate surface area is 103 Å². The Hall–Kier alpha value is -1.62. The molecule has 0 aliphatic heterocycles. The number of rotatable bonds is 4. The number of nitrogens with zero attached hydrogens (tertiary/aromatic N) is 1. The molecule has 0 spiro atoms. The number of anilines is 1. The first-order valence-electron chi connectivity index (χ1n) is 4.90.